The summed E-state index contributed by atoms with van der Waals surface area (Å²) in [7, 11) is 3.18. The number of fused-ring (bicyclic) bond motifs is 1. The van der Waals surface area contributed by atoms with E-state index in [9.17, 15) is 14.7 Å². The van der Waals surface area contributed by atoms with Gasteiger partial charge in [-0.25, -0.2) is 4.79 Å². The summed E-state index contributed by atoms with van der Waals surface area (Å²) in [6.07, 6.45) is 1.40. The van der Waals surface area contributed by atoms with E-state index >= 15 is 0 Å². The van der Waals surface area contributed by atoms with Gasteiger partial charge >= 0.3 is 5.97 Å². The number of hydrogen-bond donors (Lipinski definition) is 2. The van der Waals surface area contributed by atoms with Crippen LogP contribution in [0.2, 0.25) is 0 Å². The van der Waals surface area contributed by atoms with Crippen molar-refractivity contribution >= 4 is 27.5 Å². The van der Waals surface area contributed by atoms with Crippen LogP contribution < -0.4 is 20.6 Å². The van der Waals surface area contributed by atoms with E-state index in [1.807, 2.05) is 48.5 Å². The van der Waals surface area contributed by atoms with Crippen LogP contribution in [0.4, 0.5) is 0 Å². The van der Waals surface area contributed by atoms with Gasteiger partial charge in [-0.1, -0.05) is 18.2 Å². The fourth-order valence-corrected chi connectivity index (χ4v) is 5.06. The maximum Gasteiger partial charge on any atom is 0.341 e. The highest BCUT2D eigenvalue weighted by atomic mass is 32.1. The minimum atomic E-state index is -1.27. The Hall–Kier alpha value is -3.62. The smallest absolute Gasteiger partial charge is 0.341 e. The van der Waals surface area contributed by atoms with E-state index in [2.05, 4.69) is 0 Å². The van der Waals surface area contributed by atoms with Crippen molar-refractivity contribution in [2.45, 2.75) is 13.1 Å². The van der Waals surface area contributed by atoms with Crippen LogP contribution in [0.25, 0.3) is 20.7 Å². The molecule has 3 N–H and O–H groups in total. The minimum Gasteiger partial charge on any atom is -0.497 e. The molecule has 0 unspecified atom stereocenters. The zero-order valence-corrected chi connectivity index (χ0v) is 18.4. The summed E-state index contributed by atoms with van der Waals surface area (Å²) in [4.78, 5) is 26.5. The third-order valence-corrected chi connectivity index (χ3v) is 6.64. The summed E-state index contributed by atoms with van der Waals surface area (Å²) in [6, 6.07) is 15.0. The lowest BCUT2D eigenvalue weighted by Gasteiger charge is -2.13. The number of rotatable bonds is 7. The van der Waals surface area contributed by atoms with Crippen LogP contribution in [0.5, 0.6) is 11.5 Å². The molecule has 0 radical (unpaired) electrons. The van der Waals surface area contributed by atoms with Crippen LogP contribution >= 0.6 is 11.3 Å². The van der Waals surface area contributed by atoms with E-state index in [1.54, 1.807) is 18.8 Å². The van der Waals surface area contributed by atoms with Crippen LogP contribution in [-0.2, 0) is 13.1 Å². The van der Waals surface area contributed by atoms with Gasteiger partial charge in [0.15, 0.2) is 0 Å². The summed E-state index contributed by atoms with van der Waals surface area (Å²) in [5.41, 5.74) is 7.63. The first kappa shape index (κ1) is 21.6. The molecule has 0 aliphatic heterocycles. The second kappa shape index (κ2) is 8.86. The number of aromatic carboxylic acids is 1. The molecule has 0 saturated carbocycles. The van der Waals surface area contributed by atoms with Gasteiger partial charge < -0.3 is 24.9 Å². The molecular formula is C24H22N2O5S. The summed E-state index contributed by atoms with van der Waals surface area (Å²) < 4.78 is 12.5. The SMILES string of the molecule is COc1ccc(-c2sc3c(c2CN)c(=O)c(C(=O)O)cn3Cc2ccccc2OC)cc1. The molecule has 0 atom stereocenters. The highest BCUT2D eigenvalue weighted by Crippen LogP contribution is 2.38. The number of pyridine rings is 1. The number of benzene rings is 2. The summed E-state index contributed by atoms with van der Waals surface area (Å²) in [5, 5.41) is 10.0. The van der Waals surface area contributed by atoms with Crippen LogP contribution in [0.1, 0.15) is 21.5 Å². The van der Waals surface area contributed by atoms with E-state index in [0.717, 1.165) is 16.0 Å². The van der Waals surface area contributed by atoms with E-state index in [0.29, 0.717) is 33.8 Å². The van der Waals surface area contributed by atoms with Crippen molar-refractivity contribution in [1.29, 1.82) is 0 Å². The van der Waals surface area contributed by atoms with Crippen molar-refractivity contribution in [3.63, 3.8) is 0 Å². The van der Waals surface area contributed by atoms with Crippen molar-refractivity contribution in [3.05, 3.63) is 81.6 Å². The number of carbonyl (C=O) groups is 1. The number of para-hydroxylation sites is 1. The quantitative estimate of drug-likeness (QED) is 0.442. The molecule has 0 aliphatic rings. The molecule has 0 bridgehead atoms. The molecule has 0 spiro atoms. The van der Waals surface area contributed by atoms with Crippen LogP contribution in [-0.4, -0.2) is 29.9 Å². The minimum absolute atomic E-state index is 0.105. The number of aromatic nitrogens is 1. The third-order valence-electron chi connectivity index (χ3n) is 5.33. The number of nitrogens with two attached hydrogens (primary N) is 1. The van der Waals surface area contributed by atoms with E-state index in [4.69, 9.17) is 15.2 Å². The van der Waals surface area contributed by atoms with Crippen molar-refractivity contribution in [3.8, 4) is 21.9 Å². The number of thiophene rings is 1. The Bertz CT molecular complexity index is 1360. The number of hydrogen-bond acceptors (Lipinski definition) is 6. The standard InChI is InChI=1S/C24H22N2O5S/c1-30-16-9-7-14(8-10-16)22-17(11-25)20-21(27)18(24(28)29)13-26(23(20)32-22)12-15-5-3-4-6-19(15)31-2/h3-10,13H,11-12,25H2,1-2H3,(H,28,29). The van der Waals surface area contributed by atoms with Gasteiger partial charge in [0.1, 0.15) is 21.9 Å². The van der Waals surface area contributed by atoms with Gasteiger partial charge in [0.05, 0.1) is 26.2 Å². The highest BCUT2D eigenvalue weighted by molar-refractivity contribution is 7.22. The average Bonchev–Trinajstić information content (AvgIpc) is 3.21. The van der Waals surface area contributed by atoms with Gasteiger partial charge in [0, 0.05) is 23.2 Å². The van der Waals surface area contributed by atoms with Crippen LogP contribution in [0.15, 0.2) is 59.5 Å². The Morgan fingerprint density at radius 3 is 2.44 bits per heavy atom. The predicted octanol–water partition coefficient (Wildman–Crippen LogP) is 3.95. The van der Waals surface area contributed by atoms with Gasteiger partial charge in [-0.15, -0.1) is 11.3 Å². The number of carboxylic acid groups (broad SMARTS) is 1. The number of methoxy groups -OCH3 is 2. The van der Waals surface area contributed by atoms with Gasteiger partial charge in [0.2, 0.25) is 5.43 Å². The molecule has 0 saturated heterocycles. The Balaban J connectivity index is 1.99. The molecule has 8 heteroatoms. The molecule has 0 aliphatic carbocycles. The fourth-order valence-electron chi connectivity index (χ4n) is 3.75. The Kier molecular flexibility index (Phi) is 5.98. The zero-order valence-electron chi connectivity index (χ0n) is 17.6. The molecule has 2 aromatic carbocycles. The summed E-state index contributed by atoms with van der Waals surface area (Å²) in [6.45, 7) is 0.446. The van der Waals surface area contributed by atoms with E-state index < -0.39 is 11.4 Å². The first-order valence-electron chi connectivity index (χ1n) is 9.87. The van der Waals surface area contributed by atoms with Crippen molar-refractivity contribution < 1.29 is 19.4 Å². The summed E-state index contributed by atoms with van der Waals surface area (Å²) in [5.74, 6) is 0.126. The average molecular weight is 451 g/mol. The maximum atomic E-state index is 13.1. The molecule has 164 valence electrons. The third kappa shape index (κ3) is 3.74. The lowest BCUT2D eigenvalue weighted by molar-refractivity contribution is 0.0695. The Labute approximate surface area is 188 Å². The fraction of sp³-hybridized carbons (Fsp3) is 0.167. The highest BCUT2D eigenvalue weighted by Gasteiger charge is 2.23. The molecule has 7 nitrogen and oxygen atoms in total. The topological polar surface area (TPSA) is 104 Å². The number of carboxylic acids is 1. The molecule has 4 rings (SSSR count). The number of ether oxygens (including phenoxy) is 2. The Morgan fingerprint density at radius 1 is 1.09 bits per heavy atom. The summed E-state index contributed by atoms with van der Waals surface area (Å²) >= 11 is 1.42. The van der Waals surface area contributed by atoms with Crippen LogP contribution in [0.3, 0.4) is 0 Å². The second-order valence-corrected chi connectivity index (χ2v) is 8.14. The zero-order chi connectivity index (χ0) is 22.8. The molecule has 0 amide bonds. The second-order valence-electron chi connectivity index (χ2n) is 7.14. The number of nitrogens with zero attached hydrogens (tertiary/aromatic N) is 1. The lowest BCUT2D eigenvalue weighted by atomic mass is 10.0. The Morgan fingerprint density at radius 2 is 1.81 bits per heavy atom. The van der Waals surface area contributed by atoms with Gasteiger partial charge in [-0.3, -0.25) is 4.79 Å². The van der Waals surface area contributed by atoms with Gasteiger partial charge in [-0.05, 0) is 41.5 Å². The van der Waals surface area contributed by atoms with Crippen molar-refractivity contribution in [1.82, 2.24) is 4.57 Å². The van der Waals surface area contributed by atoms with E-state index in [1.165, 1.54) is 17.5 Å². The molecule has 4 aromatic rings. The maximum absolute atomic E-state index is 13.1. The molecule has 2 heterocycles. The van der Waals surface area contributed by atoms with Gasteiger partial charge in [0.25, 0.3) is 0 Å². The van der Waals surface area contributed by atoms with Crippen molar-refractivity contribution in [2.24, 2.45) is 5.73 Å². The predicted molar refractivity (Wildman–Crippen MR) is 125 cm³/mol. The molecular weight excluding hydrogens is 428 g/mol. The van der Waals surface area contributed by atoms with Gasteiger partial charge in [-0.2, -0.15) is 0 Å². The molecule has 32 heavy (non-hydrogen) atoms. The molecule has 2 aromatic heterocycles. The lowest BCUT2D eigenvalue weighted by Crippen LogP contribution is -2.19. The first-order valence-corrected chi connectivity index (χ1v) is 10.7. The largest absolute Gasteiger partial charge is 0.497 e. The van der Waals surface area contributed by atoms with Crippen molar-refractivity contribution in [2.75, 3.05) is 14.2 Å². The molecule has 0 fully saturated rings. The monoisotopic (exact) mass is 450 g/mol. The van der Waals surface area contributed by atoms with E-state index in [-0.39, 0.29) is 12.1 Å². The van der Waals surface area contributed by atoms with Crippen LogP contribution in [0, 0.1) is 0 Å². The normalized spacial score (nSPS) is 11.0. The first-order chi connectivity index (χ1) is 15.5.